The zero-order valence-corrected chi connectivity index (χ0v) is 17.8. The van der Waals surface area contributed by atoms with Crippen LogP contribution in [0.2, 0.25) is 0 Å². The molecule has 0 saturated heterocycles. The van der Waals surface area contributed by atoms with Crippen LogP contribution in [0.1, 0.15) is 19.4 Å². The van der Waals surface area contributed by atoms with E-state index in [1.807, 2.05) is 13.8 Å². The summed E-state index contributed by atoms with van der Waals surface area (Å²) in [6, 6.07) is 9.46. The summed E-state index contributed by atoms with van der Waals surface area (Å²) in [6.07, 6.45) is 1.36. The Hall–Kier alpha value is -2.26. The molecule has 7 nitrogen and oxygen atoms in total. The van der Waals surface area contributed by atoms with E-state index in [0.29, 0.717) is 27.3 Å². The van der Waals surface area contributed by atoms with Crippen molar-refractivity contribution in [2.75, 3.05) is 14.2 Å². The largest absolute Gasteiger partial charge is 0.497 e. The van der Waals surface area contributed by atoms with Crippen LogP contribution in [0.4, 0.5) is 0 Å². The number of nitrogens with one attached hydrogen (secondary N) is 1. The molecule has 0 aromatic heterocycles. The van der Waals surface area contributed by atoms with E-state index in [4.69, 9.17) is 14.2 Å². The average Bonchev–Trinajstić information content (AvgIpc) is 2.63. The van der Waals surface area contributed by atoms with E-state index >= 15 is 0 Å². The Kier molecular flexibility index (Phi) is 7.09. The van der Waals surface area contributed by atoms with Gasteiger partial charge in [0, 0.05) is 0 Å². The minimum absolute atomic E-state index is 0.0222. The second-order valence-electron chi connectivity index (χ2n) is 5.73. The number of hydrogen-bond acceptors (Lipinski definition) is 6. The molecule has 0 aliphatic heterocycles. The van der Waals surface area contributed by atoms with Gasteiger partial charge in [0.1, 0.15) is 5.75 Å². The fraction of sp³-hybridized carbons (Fsp3) is 0.278. The molecule has 0 aliphatic rings. The molecule has 0 atom stereocenters. The van der Waals surface area contributed by atoms with E-state index in [1.54, 1.807) is 24.3 Å². The number of ether oxygens (including phenoxy) is 3. The highest BCUT2D eigenvalue weighted by Crippen LogP contribution is 2.37. The molecule has 27 heavy (non-hydrogen) atoms. The van der Waals surface area contributed by atoms with Gasteiger partial charge in [-0.25, -0.2) is 4.83 Å². The molecule has 0 bridgehead atoms. The highest BCUT2D eigenvalue weighted by Gasteiger charge is 2.14. The summed E-state index contributed by atoms with van der Waals surface area (Å²) in [4.78, 5) is 2.26. The van der Waals surface area contributed by atoms with E-state index in [1.165, 1.54) is 32.6 Å². The topological polar surface area (TPSA) is 86.2 Å². The molecule has 1 N–H and O–H groups in total. The van der Waals surface area contributed by atoms with Crippen LogP contribution in [0.15, 0.2) is 50.9 Å². The van der Waals surface area contributed by atoms with Gasteiger partial charge in [0.25, 0.3) is 10.0 Å². The van der Waals surface area contributed by atoms with Crippen molar-refractivity contribution in [2.45, 2.75) is 24.8 Å². The third kappa shape index (κ3) is 5.61. The van der Waals surface area contributed by atoms with Gasteiger partial charge in [-0.15, -0.1) is 0 Å². The summed E-state index contributed by atoms with van der Waals surface area (Å²) in [5.41, 5.74) is 0.632. The first-order chi connectivity index (χ1) is 12.8. The molecule has 2 aromatic rings. The van der Waals surface area contributed by atoms with Gasteiger partial charge >= 0.3 is 0 Å². The standard InChI is InChI=1S/C18H21BrN2O5S/c1-12(2)26-18-16(19)9-13(10-17(18)25-4)11-20-21-27(22,23)15-7-5-14(24-3)6-8-15/h5-12,21H,1-4H3/b20-11+. The highest BCUT2D eigenvalue weighted by atomic mass is 79.9. The van der Waals surface area contributed by atoms with Crippen molar-refractivity contribution < 1.29 is 22.6 Å². The van der Waals surface area contributed by atoms with Gasteiger partial charge < -0.3 is 14.2 Å². The van der Waals surface area contributed by atoms with Crippen LogP contribution >= 0.6 is 15.9 Å². The number of methoxy groups -OCH3 is 2. The Morgan fingerprint density at radius 3 is 2.33 bits per heavy atom. The molecule has 0 amide bonds. The number of hydrazone groups is 1. The molecule has 0 radical (unpaired) electrons. The molecular weight excluding hydrogens is 436 g/mol. The third-order valence-electron chi connectivity index (χ3n) is 3.36. The average molecular weight is 457 g/mol. The first kappa shape index (κ1) is 21.0. The van der Waals surface area contributed by atoms with Crippen molar-refractivity contribution in [1.82, 2.24) is 4.83 Å². The van der Waals surface area contributed by atoms with E-state index in [9.17, 15) is 8.42 Å². The molecule has 0 heterocycles. The normalized spacial score (nSPS) is 11.6. The Labute approximate surface area is 167 Å². The molecule has 2 rings (SSSR count). The van der Waals surface area contributed by atoms with Gasteiger partial charge in [-0.2, -0.15) is 13.5 Å². The predicted molar refractivity (Wildman–Crippen MR) is 107 cm³/mol. The van der Waals surface area contributed by atoms with E-state index in [2.05, 4.69) is 25.9 Å². The van der Waals surface area contributed by atoms with Crippen LogP contribution in [-0.2, 0) is 10.0 Å². The molecule has 0 fully saturated rings. The van der Waals surface area contributed by atoms with Crippen LogP contribution < -0.4 is 19.0 Å². The smallest absolute Gasteiger partial charge is 0.276 e. The van der Waals surface area contributed by atoms with Crippen molar-refractivity contribution in [3.05, 3.63) is 46.4 Å². The Bertz CT molecular complexity index is 912. The van der Waals surface area contributed by atoms with Crippen LogP contribution in [0.5, 0.6) is 17.2 Å². The second-order valence-corrected chi connectivity index (χ2v) is 8.24. The number of nitrogens with zero attached hydrogens (tertiary/aromatic N) is 1. The van der Waals surface area contributed by atoms with Crippen molar-refractivity contribution in [1.29, 1.82) is 0 Å². The van der Waals surface area contributed by atoms with Crippen LogP contribution in [0, 0.1) is 0 Å². The Morgan fingerprint density at radius 1 is 1.11 bits per heavy atom. The number of benzene rings is 2. The quantitative estimate of drug-likeness (QED) is 0.484. The van der Waals surface area contributed by atoms with Gasteiger partial charge in [0.05, 0.1) is 35.9 Å². The van der Waals surface area contributed by atoms with Gasteiger partial charge in [-0.1, -0.05) is 0 Å². The number of rotatable bonds is 8. The molecule has 0 aliphatic carbocycles. The minimum Gasteiger partial charge on any atom is -0.497 e. The maximum atomic E-state index is 12.3. The number of halogens is 1. The number of sulfonamides is 1. The lowest BCUT2D eigenvalue weighted by Gasteiger charge is -2.15. The summed E-state index contributed by atoms with van der Waals surface area (Å²) in [7, 11) is -0.737. The van der Waals surface area contributed by atoms with Crippen molar-refractivity contribution >= 4 is 32.2 Å². The molecule has 0 saturated carbocycles. The maximum Gasteiger partial charge on any atom is 0.276 e. The van der Waals surface area contributed by atoms with Crippen LogP contribution in [0.25, 0.3) is 0 Å². The first-order valence-corrected chi connectivity index (χ1v) is 10.3. The van der Waals surface area contributed by atoms with E-state index in [0.717, 1.165) is 0 Å². The molecule has 9 heteroatoms. The van der Waals surface area contributed by atoms with Gasteiger partial charge in [-0.3, -0.25) is 0 Å². The fourth-order valence-electron chi connectivity index (χ4n) is 2.14. The number of hydrogen-bond donors (Lipinski definition) is 1. The van der Waals surface area contributed by atoms with Gasteiger partial charge in [0.2, 0.25) is 0 Å². The SMILES string of the molecule is COc1ccc(S(=O)(=O)N/N=C/c2cc(Br)c(OC(C)C)c(OC)c2)cc1. The Morgan fingerprint density at radius 2 is 1.78 bits per heavy atom. The summed E-state index contributed by atoms with van der Waals surface area (Å²) in [5.74, 6) is 1.65. The minimum atomic E-state index is -3.78. The van der Waals surface area contributed by atoms with Crippen molar-refractivity contribution in [2.24, 2.45) is 5.10 Å². The zero-order valence-electron chi connectivity index (χ0n) is 15.4. The summed E-state index contributed by atoms with van der Waals surface area (Å²) in [5, 5.41) is 3.83. The maximum absolute atomic E-state index is 12.3. The Balaban J connectivity index is 2.18. The summed E-state index contributed by atoms with van der Waals surface area (Å²) in [6.45, 7) is 3.82. The molecular formula is C18H21BrN2O5S. The van der Waals surface area contributed by atoms with E-state index < -0.39 is 10.0 Å². The third-order valence-corrected chi connectivity index (χ3v) is 5.19. The molecule has 0 unspecified atom stereocenters. The lowest BCUT2D eigenvalue weighted by molar-refractivity contribution is 0.228. The lowest BCUT2D eigenvalue weighted by atomic mass is 10.2. The van der Waals surface area contributed by atoms with Crippen molar-refractivity contribution in [3.8, 4) is 17.2 Å². The summed E-state index contributed by atoms with van der Waals surface area (Å²) >= 11 is 3.43. The monoisotopic (exact) mass is 456 g/mol. The zero-order chi connectivity index (χ0) is 20.0. The fourth-order valence-corrected chi connectivity index (χ4v) is 3.49. The van der Waals surface area contributed by atoms with Gasteiger partial charge in [0.15, 0.2) is 11.5 Å². The molecule has 0 spiro atoms. The predicted octanol–water partition coefficient (Wildman–Crippen LogP) is 3.57. The summed E-state index contributed by atoms with van der Waals surface area (Å²) < 4.78 is 41.3. The lowest BCUT2D eigenvalue weighted by Crippen LogP contribution is -2.18. The van der Waals surface area contributed by atoms with Crippen molar-refractivity contribution in [3.63, 3.8) is 0 Å². The van der Waals surface area contributed by atoms with Gasteiger partial charge in [-0.05, 0) is 71.7 Å². The molecule has 146 valence electrons. The van der Waals surface area contributed by atoms with E-state index in [-0.39, 0.29) is 11.0 Å². The van der Waals surface area contributed by atoms with Crippen LogP contribution in [-0.4, -0.2) is 35.0 Å². The molecule has 2 aromatic carbocycles. The van der Waals surface area contributed by atoms with Crippen LogP contribution in [0.3, 0.4) is 0 Å². The highest BCUT2D eigenvalue weighted by molar-refractivity contribution is 9.10. The first-order valence-electron chi connectivity index (χ1n) is 8.00. The second kappa shape index (κ2) is 9.09.